The molecule has 1 unspecified atom stereocenters. The third-order valence-electron chi connectivity index (χ3n) is 4.04. The molecule has 0 radical (unpaired) electrons. The Hall–Kier alpha value is -0.610. The van der Waals surface area contributed by atoms with Gasteiger partial charge in [0.2, 0.25) is 5.91 Å². The van der Waals surface area contributed by atoms with Gasteiger partial charge in [0, 0.05) is 30.2 Å². The highest BCUT2D eigenvalue weighted by Gasteiger charge is 2.25. The maximum atomic E-state index is 12.0. The zero-order valence-electron chi connectivity index (χ0n) is 11.3. The summed E-state index contributed by atoms with van der Waals surface area (Å²) in [6.45, 7) is 3.71. The summed E-state index contributed by atoms with van der Waals surface area (Å²) < 4.78 is 4.09. The molecule has 1 fully saturated rings. The average Bonchev–Trinajstić information content (AvgIpc) is 3.09. The fourth-order valence-corrected chi connectivity index (χ4v) is 3.58. The average molecular weight is 301 g/mol. The molecule has 0 N–H and O–H groups in total. The van der Waals surface area contributed by atoms with Crippen molar-refractivity contribution in [2.24, 2.45) is 11.8 Å². The Labute approximate surface area is 124 Å². The van der Waals surface area contributed by atoms with Gasteiger partial charge < -0.3 is 4.90 Å². The van der Waals surface area contributed by atoms with Crippen molar-refractivity contribution in [1.82, 2.24) is 9.27 Å². The fraction of sp³-hybridized carbons (Fsp3) is 0.714. The van der Waals surface area contributed by atoms with Gasteiger partial charge in [-0.3, -0.25) is 4.79 Å². The van der Waals surface area contributed by atoms with Crippen LogP contribution in [0, 0.1) is 11.8 Å². The van der Waals surface area contributed by atoms with Gasteiger partial charge in [0.25, 0.3) is 0 Å². The maximum absolute atomic E-state index is 12.0. The number of aromatic nitrogens is 1. The van der Waals surface area contributed by atoms with Crippen LogP contribution in [0.5, 0.6) is 0 Å². The molecule has 1 aliphatic rings. The summed E-state index contributed by atoms with van der Waals surface area (Å²) in [5.74, 6) is 1.42. The van der Waals surface area contributed by atoms with Crippen molar-refractivity contribution in [2.75, 3.05) is 12.4 Å². The number of carbonyl (C=O) groups excluding carboxylic acids is 1. The van der Waals surface area contributed by atoms with Gasteiger partial charge in [-0.15, -0.1) is 11.6 Å². The molecule has 1 aromatic heterocycles. The van der Waals surface area contributed by atoms with Gasteiger partial charge in [0.15, 0.2) is 0 Å². The summed E-state index contributed by atoms with van der Waals surface area (Å²) in [6.07, 6.45) is 7.13. The molecule has 3 nitrogen and oxygen atoms in total. The molecule has 2 rings (SSSR count). The van der Waals surface area contributed by atoms with Crippen LogP contribution in [-0.2, 0) is 11.3 Å². The van der Waals surface area contributed by atoms with Crippen LogP contribution in [0.2, 0.25) is 0 Å². The van der Waals surface area contributed by atoms with Crippen LogP contribution in [0.25, 0.3) is 0 Å². The number of alkyl halides is 1. The van der Waals surface area contributed by atoms with Gasteiger partial charge in [-0.05, 0) is 23.4 Å². The molecule has 0 saturated heterocycles. The summed E-state index contributed by atoms with van der Waals surface area (Å²) in [5, 5.41) is 1.99. The van der Waals surface area contributed by atoms with Crippen LogP contribution in [0.3, 0.4) is 0 Å². The largest absolute Gasteiger partial charge is 0.337 e. The van der Waals surface area contributed by atoms with Crippen LogP contribution in [-0.4, -0.2) is 27.6 Å². The van der Waals surface area contributed by atoms with E-state index in [2.05, 4.69) is 11.3 Å². The summed E-state index contributed by atoms with van der Waals surface area (Å²) >= 11 is 7.15. The highest BCUT2D eigenvalue weighted by molar-refractivity contribution is 7.03. The van der Waals surface area contributed by atoms with E-state index in [4.69, 9.17) is 11.6 Å². The third-order valence-corrected chi connectivity index (χ3v) is 4.90. The predicted octanol–water partition coefficient (Wildman–Crippen LogP) is 3.54. The Balaban J connectivity index is 1.94. The van der Waals surface area contributed by atoms with E-state index < -0.39 is 0 Å². The first kappa shape index (κ1) is 14.8. The van der Waals surface area contributed by atoms with E-state index in [0.29, 0.717) is 12.5 Å². The Kier molecular flexibility index (Phi) is 5.64. The number of carbonyl (C=O) groups is 1. The van der Waals surface area contributed by atoms with Crippen molar-refractivity contribution in [3.8, 4) is 0 Å². The number of amides is 1. The first-order valence-corrected chi connectivity index (χ1v) is 8.29. The lowest BCUT2D eigenvalue weighted by molar-refractivity contribution is -0.129. The van der Waals surface area contributed by atoms with Gasteiger partial charge in [0.1, 0.15) is 5.88 Å². The quantitative estimate of drug-likeness (QED) is 0.753. The molecule has 106 valence electrons. The van der Waals surface area contributed by atoms with Gasteiger partial charge >= 0.3 is 0 Å². The molecular formula is C14H21ClN2OS. The minimum Gasteiger partial charge on any atom is -0.337 e. The van der Waals surface area contributed by atoms with Crippen LogP contribution < -0.4 is 0 Å². The van der Waals surface area contributed by atoms with E-state index in [0.717, 1.165) is 18.0 Å². The molecule has 0 aromatic carbocycles. The number of halogens is 1. The van der Waals surface area contributed by atoms with Crippen molar-refractivity contribution >= 4 is 29.0 Å². The number of rotatable bonds is 6. The lowest BCUT2D eigenvalue weighted by Crippen LogP contribution is -2.36. The van der Waals surface area contributed by atoms with Crippen molar-refractivity contribution < 1.29 is 4.79 Å². The number of nitrogens with zero attached hydrogens (tertiary/aromatic N) is 2. The molecule has 1 saturated carbocycles. The van der Waals surface area contributed by atoms with E-state index in [1.807, 2.05) is 16.5 Å². The van der Waals surface area contributed by atoms with Crippen molar-refractivity contribution in [2.45, 2.75) is 39.2 Å². The summed E-state index contributed by atoms with van der Waals surface area (Å²) in [5.41, 5.74) is 1.10. The van der Waals surface area contributed by atoms with E-state index in [1.165, 1.54) is 37.2 Å². The van der Waals surface area contributed by atoms with Crippen LogP contribution >= 0.6 is 23.1 Å². The molecule has 1 heterocycles. The first-order chi connectivity index (χ1) is 9.20. The topological polar surface area (TPSA) is 33.2 Å². The third kappa shape index (κ3) is 4.18. The molecule has 0 aliphatic heterocycles. The second kappa shape index (κ2) is 7.25. The Morgan fingerprint density at radius 1 is 1.58 bits per heavy atom. The lowest BCUT2D eigenvalue weighted by Gasteiger charge is -2.28. The lowest BCUT2D eigenvalue weighted by atomic mass is 9.92. The highest BCUT2D eigenvalue weighted by atomic mass is 35.5. The normalized spacial score (nSPS) is 17.6. The highest BCUT2D eigenvalue weighted by Crippen LogP contribution is 2.31. The second-order valence-corrected chi connectivity index (χ2v) is 6.39. The molecule has 1 atom stereocenters. The van der Waals surface area contributed by atoms with E-state index in [1.54, 1.807) is 0 Å². The Morgan fingerprint density at radius 2 is 2.32 bits per heavy atom. The van der Waals surface area contributed by atoms with Crippen molar-refractivity contribution in [3.05, 3.63) is 17.1 Å². The Bertz CT molecular complexity index is 390. The maximum Gasteiger partial charge on any atom is 0.237 e. The zero-order valence-corrected chi connectivity index (χ0v) is 12.9. The summed E-state index contributed by atoms with van der Waals surface area (Å²) in [6, 6.07) is 0. The van der Waals surface area contributed by atoms with Crippen molar-refractivity contribution in [3.63, 3.8) is 0 Å². The molecule has 19 heavy (non-hydrogen) atoms. The molecule has 0 bridgehead atoms. The standard InChI is InChI=1S/C14H21ClN2OS/c1-11(13-4-2-3-5-13)8-17(14(18)6-15)9-12-7-16-19-10-12/h7,10-11,13H,2-6,8-9H2,1H3. The van der Waals surface area contributed by atoms with E-state index in [9.17, 15) is 4.79 Å². The van der Waals surface area contributed by atoms with Gasteiger partial charge in [0.05, 0.1) is 0 Å². The van der Waals surface area contributed by atoms with E-state index in [-0.39, 0.29) is 11.8 Å². The fourth-order valence-electron chi connectivity index (χ4n) is 2.89. The smallest absolute Gasteiger partial charge is 0.237 e. The number of hydrogen-bond acceptors (Lipinski definition) is 3. The molecule has 1 aromatic rings. The van der Waals surface area contributed by atoms with Crippen LogP contribution in [0.15, 0.2) is 11.6 Å². The molecule has 1 aliphatic carbocycles. The minimum absolute atomic E-state index is 0.0257. The molecule has 0 spiro atoms. The van der Waals surface area contributed by atoms with Crippen LogP contribution in [0.1, 0.15) is 38.2 Å². The second-order valence-electron chi connectivity index (χ2n) is 5.46. The Morgan fingerprint density at radius 3 is 2.89 bits per heavy atom. The van der Waals surface area contributed by atoms with Crippen LogP contribution in [0.4, 0.5) is 0 Å². The summed E-state index contributed by atoms with van der Waals surface area (Å²) in [4.78, 5) is 13.9. The first-order valence-electron chi connectivity index (χ1n) is 6.92. The summed E-state index contributed by atoms with van der Waals surface area (Å²) in [7, 11) is 0. The SMILES string of the molecule is CC(CN(Cc1cnsc1)C(=O)CCl)C1CCCC1. The van der Waals surface area contributed by atoms with Gasteiger partial charge in [-0.2, -0.15) is 0 Å². The minimum atomic E-state index is 0.0257. The van der Waals surface area contributed by atoms with E-state index >= 15 is 0 Å². The zero-order chi connectivity index (χ0) is 13.7. The number of hydrogen-bond donors (Lipinski definition) is 0. The molecule has 5 heteroatoms. The van der Waals surface area contributed by atoms with Gasteiger partial charge in [-0.1, -0.05) is 32.6 Å². The van der Waals surface area contributed by atoms with Crippen molar-refractivity contribution in [1.29, 1.82) is 0 Å². The van der Waals surface area contributed by atoms with Gasteiger partial charge in [-0.25, -0.2) is 4.37 Å². The molecular weight excluding hydrogens is 280 g/mol. The monoisotopic (exact) mass is 300 g/mol. The predicted molar refractivity (Wildman–Crippen MR) is 79.4 cm³/mol. The molecule has 1 amide bonds.